The Labute approximate surface area is 127 Å². The summed E-state index contributed by atoms with van der Waals surface area (Å²) in [6.07, 6.45) is 1.99. The van der Waals surface area contributed by atoms with Gasteiger partial charge >= 0.3 is 0 Å². The van der Waals surface area contributed by atoms with Gasteiger partial charge in [0.2, 0.25) is 0 Å². The molecule has 0 saturated heterocycles. The van der Waals surface area contributed by atoms with Crippen molar-refractivity contribution in [3.8, 4) is 0 Å². The van der Waals surface area contributed by atoms with Gasteiger partial charge in [0.1, 0.15) is 5.69 Å². The van der Waals surface area contributed by atoms with Gasteiger partial charge in [0.25, 0.3) is 5.91 Å². The average Bonchev–Trinajstić information content (AvgIpc) is 2.55. The largest absolute Gasteiger partial charge is 0.320 e. The van der Waals surface area contributed by atoms with Crippen LogP contribution in [-0.2, 0) is 0 Å². The second-order valence-corrected chi connectivity index (χ2v) is 5.39. The summed E-state index contributed by atoms with van der Waals surface area (Å²) in [4.78, 5) is 17.8. The normalized spacial score (nSPS) is 10.5. The zero-order chi connectivity index (χ0) is 14.7. The van der Waals surface area contributed by atoms with Gasteiger partial charge in [0, 0.05) is 10.3 Å². The maximum atomic E-state index is 12.3. The van der Waals surface area contributed by atoms with Crippen LogP contribution in [0, 0.1) is 0 Å². The number of hydrogen-bond donors (Lipinski definition) is 1. The second kappa shape index (κ2) is 5.97. The van der Waals surface area contributed by atoms with E-state index >= 15 is 0 Å². The SMILES string of the molecule is CSc1ccccc1NC(=O)c1ccc2ccccc2n1. The highest BCUT2D eigenvalue weighted by Crippen LogP contribution is 2.25. The van der Waals surface area contributed by atoms with Crippen molar-refractivity contribution in [2.45, 2.75) is 4.90 Å². The molecule has 0 aliphatic rings. The number of nitrogens with zero attached hydrogens (tertiary/aromatic N) is 1. The molecule has 1 amide bonds. The summed E-state index contributed by atoms with van der Waals surface area (Å²) in [5, 5.41) is 3.95. The van der Waals surface area contributed by atoms with Gasteiger partial charge < -0.3 is 5.32 Å². The van der Waals surface area contributed by atoms with Gasteiger partial charge in [0.15, 0.2) is 0 Å². The fourth-order valence-corrected chi connectivity index (χ4v) is 2.68. The highest BCUT2D eigenvalue weighted by atomic mass is 32.2. The molecule has 1 aromatic heterocycles. The van der Waals surface area contributed by atoms with E-state index in [0.717, 1.165) is 21.5 Å². The van der Waals surface area contributed by atoms with E-state index in [2.05, 4.69) is 10.3 Å². The molecule has 0 aliphatic heterocycles. The molecule has 21 heavy (non-hydrogen) atoms. The summed E-state index contributed by atoms with van der Waals surface area (Å²) >= 11 is 1.60. The maximum Gasteiger partial charge on any atom is 0.274 e. The quantitative estimate of drug-likeness (QED) is 0.736. The van der Waals surface area contributed by atoms with E-state index in [1.54, 1.807) is 17.8 Å². The number of benzene rings is 2. The molecule has 0 fully saturated rings. The number of aromatic nitrogens is 1. The van der Waals surface area contributed by atoms with Crippen molar-refractivity contribution in [3.05, 3.63) is 66.4 Å². The van der Waals surface area contributed by atoms with Crippen molar-refractivity contribution >= 4 is 34.3 Å². The minimum atomic E-state index is -0.192. The van der Waals surface area contributed by atoms with Crippen LogP contribution in [0.25, 0.3) is 10.9 Å². The van der Waals surface area contributed by atoms with Crippen LogP contribution < -0.4 is 5.32 Å². The molecule has 0 aliphatic carbocycles. The van der Waals surface area contributed by atoms with Gasteiger partial charge in [-0.15, -0.1) is 11.8 Å². The Morgan fingerprint density at radius 2 is 1.76 bits per heavy atom. The van der Waals surface area contributed by atoms with Crippen LogP contribution >= 0.6 is 11.8 Å². The number of thioether (sulfide) groups is 1. The average molecular weight is 294 g/mol. The van der Waals surface area contributed by atoms with E-state index < -0.39 is 0 Å². The molecule has 0 bridgehead atoms. The first-order valence-corrected chi connectivity index (χ1v) is 7.80. The molecular weight excluding hydrogens is 280 g/mol. The standard InChI is InChI=1S/C17H14N2OS/c1-21-16-9-5-4-8-14(16)19-17(20)15-11-10-12-6-2-3-7-13(12)18-15/h2-11H,1H3,(H,19,20). The van der Waals surface area contributed by atoms with Gasteiger partial charge in [-0.2, -0.15) is 0 Å². The number of fused-ring (bicyclic) bond motifs is 1. The van der Waals surface area contributed by atoms with Crippen LogP contribution in [0.2, 0.25) is 0 Å². The third-order valence-electron chi connectivity index (χ3n) is 3.19. The number of rotatable bonds is 3. The first kappa shape index (κ1) is 13.6. The van der Waals surface area contributed by atoms with Crippen LogP contribution in [-0.4, -0.2) is 17.1 Å². The van der Waals surface area contributed by atoms with Crippen molar-refractivity contribution in [3.63, 3.8) is 0 Å². The summed E-state index contributed by atoms with van der Waals surface area (Å²) < 4.78 is 0. The summed E-state index contributed by atoms with van der Waals surface area (Å²) in [5.41, 5.74) is 2.05. The van der Waals surface area contributed by atoms with Crippen molar-refractivity contribution in [2.75, 3.05) is 11.6 Å². The van der Waals surface area contributed by atoms with E-state index in [-0.39, 0.29) is 5.91 Å². The monoisotopic (exact) mass is 294 g/mol. The Morgan fingerprint density at radius 1 is 1.00 bits per heavy atom. The lowest BCUT2D eigenvalue weighted by atomic mass is 10.2. The Balaban J connectivity index is 1.90. The smallest absolute Gasteiger partial charge is 0.274 e. The van der Waals surface area contributed by atoms with Crippen molar-refractivity contribution < 1.29 is 4.79 Å². The highest BCUT2D eigenvalue weighted by molar-refractivity contribution is 7.98. The van der Waals surface area contributed by atoms with E-state index in [4.69, 9.17) is 0 Å². The topological polar surface area (TPSA) is 42.0 Å². The number of para-hydroxylation sites is 2. The lowest BCUT2D eigenvalue weighted by Gasteiger charge is -2.09. The summed E-state index contributed by atoms with van der Waals surface area (Å²) in [6.45, 7) is 0. The lowest BCUT2D eigenvalue weighted by Crippen LogP contribution is -2.14. The number of nitrogens with one attached hydrogen (secondary N) is 1. The van der Waals surface area contributed by atoms with Gasteiger partial charge in [-0.3, -0.25) is 4.79 Å². The Kier molecular flexibility index (Phi) is 3.88. The molecule has 3 nitrogen and oxygen atoms in total. The van der Waals surface area contributed by atoms with Gasteiger partial charge in [-0.1, -0.05) is 36.4 Å². The summed E-state index contributed by atoms with van der Waals surface area (Å²) in [6, 6.07) is 19.2. The number of pyridine rings is 1. The molecule has 4 heteroatoms. The van der Waals surface area contributed by atoms with Gasteiger partial charge in [0.05, 0.1) is 11.2 Å². The molecule has 3 aromatic rings. The molecule has 104 valence electrons. The summed E-state index contributed by atoms with van der Waals surface area (Å²) in [7, 11) is 0. The zero-order valence-electron chi connectivity index (χ0n) is 11.5. The van der Waals surface area contributed by atoms with Crippen LogP contribution in [0.4, 0.5) is 5.69 Å². The molecule has 0 atom stereocenters. The third-order valence-corrected chi connectivity index (χ3v) is 3.98. The minimum Gasteiger partial charge on any atom is -0.320 e. The molecule has 2 aromatic carbocycles. The molecule has 1 heterocycles. The Bertz CT molecular complexity index is 801. The van der Waals surface area contributed by atoms with Gasteiger partial charge in [-0.05, 0) is 30.5 Å². The van der Waals surface area contributed by atoms with E-state index in [1.165, 1.54) is 0 Å². The molecule has 0 unspecified atom stereocenters. The second-order valence-electron chi connectivity index (χ2n) is 4.54. The minimum absolute atomic E-state index is 0.192. The van der Waals surface area contributed by atoms with Crippen LogP contribution in [0.5, 0.6) is 0 Å². The maximum absolute atomic E-state index is 12.3. The molecule has 3 rings (SSSR count). The number of anilines is 1. The van der Waals surface area contributed by atoms with Crippen LogP contribution in [0.15, 0.2) is 65.6 Å². The third kappa shape index (κ3) is 2.90. The zero-order valence-corrected chi connectivity index (χ0v) is 12.4. The molecule has 0 spiro atoms. The lowest BCUT2D eigenvalue weighted by molar-refractivity contribution is 0.102. The van der Waals surface area contributed by atoms with E-state index in [1.807, 2.05) is 60.9 Å². The highest BCUT2D eigenvalue weighted by Gasteiger charge is 2.10. The van der Waals surface area contributed by atoms with Crippen molar-refractivity contribution in [2.24, 2.45) is 0 Å². The van der Waals surface area contributed by atoms with E-state index in [0.29, 0.717) is 5.69 Å². The van der Waals surface area contributed by atoms with Crippen molar-refractivity contribution in [1.29, 1.82) is 0 Å². The fraction of sp³-hybridized carbons (Fsp3) is 0.0588. The number of amides is 1. The predicted octanol–water partition coefficient (Wildman–Crippen LogP) is 4.21. The van der Waals surface area contributed by atoms with Crippen LogP contribution in [0.1, 0.15) is 10.5 Å². The first-order chi connectivity index (χ1) is 10.3. The first-order valence-electron chi connectivity index (χ1n) is 6.58. The molecular formula is C17H14N2OS. The number of carbonyl (C=O) groups excluding carboxylic acids is 1. The predicted molar refractivity (Wildman–Crippen MR) is 87.9 cm³/mol. The van der Waals surface area contributed by atoms with E-state index in [9.17, 15) is 4.79 Å². The Hall–Kier alpha value is -2.33. The molecule has 0 saturated carbocycles. The van der Waals surface area contributed by atoms with Gasteiger partial charge in [-0.25, -0.2) is 4.98 Å². The Morgan fingerprint density at radius 3 is 2.62 bits per heavy atom. The molecule has 1 N–H and O–H groups in total. The fourth-order valence-electron chi connectivity index (χ4n) is 2.13. The van der Waals surface area contributed by atoms with Crippen molar-refractivity contribution in [1.82, 2.24) is 4.98 Å². The summed E-state index contributed by atoms with van der Waals surface area (Å²) in [5.74, 6) is -0.192. The molecule has 0 radical (unpaired) electrons. The number of hydrogen-bond acceptors (Lipinski definition) is 3. The number of carbonyl (C=O) groups is 1. The van der Waals surface area contributed by atoms with Crippen LogP contribution in [0.3, 0.4) is 0 Å².